The van der Waals surface area contributed by atoms with Crippen LogP contribution in [-0.4, -0.2) is 40.8 Å². The number of hydrogen-bond donors (Lipinski definition) is 1. The maximum atomic E-state index is 14.7. The van der Waals surface area contributed by atoms with Crippen LogP contribution in [0.2, 0.25) is 0 Å². The number of methoxy groups -OCH3 is 1. The summed E-state index contributed by atoms with van der Waals surface area (Å²) >= 11 is 0. The highest BCUT2D eigenvalue weighted by molar-refractivity contribution is 5.91. The Kier molecular flexibility index (Phi) is 5.59. The van der Waals surface area contributed by atoms with Crippen LogP contribution < -0.4 is 15.4 Å². The van der Waals surface area contributed by atoms with Gasteiger partial charge in [-0.05, 0) is 48.7 Å². The molecule has 0 radical (unpaired) electrons. The molecule has 0 saturated carbocycles. The molecule has 7 nitrogen and oxygen atoms in total. The van der Waals surface area contributed by atoms with Crippen molar-refractivity contribution in [2.75, 3.05) is 25.1 Å². The molecule has 1 atom stereocenters. The molecule has 5 rings (SSSR count). The summed E-state index contributed by atoms with van der Waals surface area (Å²) in [6, 6.07) is 12.6. The van der Waals surface area contributed by atoms with E-state index in [2.05, 4.69) is 9.88 Å². The van der Waals surface area contributed by atoms with Crippen LogP contribution in [0.15, 0.2) is 48.7 Å². The second-order valence-electron chi connectivity index (χ2n) is 8.27. The van der Waals surface area contributed by atoms with Crippen molar-refractivity contribution in [3.8, 4) is 34.2 Å². The minimum atomic E-state index is -0.654. The van der Waals surface area contributed by atoms with Crippen molar-refractivity contribution in [1.82, 2.24) is 14.6 Å². The van der Waals surface area contributed by atoms with E-state index in [9.17, 15) is 8.78 Å². The van der Waals surface area contributed by atoms with Crippen LogP contribution in [-0.2, 0) is 0 Å². The van der Waals surface area contributed by atoms with Crippen LogP contribution >= 0.6 is 0 Å². The molecular weight excluding hydrogens is 438 g/mol. The zero-order chi connectivity index (χ0) is 23.8. The highest BCUT2D eigenvalue weighted by Crippen LogP contribution is 2.38. The largest absolute Gasteiger partial charge is 0.494 e. The number of hydrogen-bond acceptors (Lipinski definition) is 6. The van der Waals surface area contributed by atoms with E-state index in [1.165, 1.54) is 31.4 Å². The average molecular weight is 460 g/mol. The van der Waals surface area contributed by atoms with Gasteiger partial charge in [0, 0.05) is 30.9 Å². The van der Waals surface area contributed by atoms with Gasteiger partial charge in [-0.1, -0.05) is 12.1 Å². The lowest BCUT2D eigenvalue weighted by atomic mass is 10.00. The molecule has 2 aromatic heterocycles. The van der Waals surface area contributed by atoms with Crippen LogP contribution in [0.1, 0.15) is 18.4 Å². The Balaban J connectivity index is 1.76. The Morgan fingerprint density at radius 1 is 1.12 bits per heavy atom. The summed E-state index contributed by atoms with van der Waals surface area (Å²) in [5.41, 5.74) is 8.59. The van der Waals surface area contributed by atoms with Gasteiger partial charge in [0.05, 0.1) is 18.2 Å². The number of benzene rings is 2. The van der Waals surface area contributed by atoms with Crippen molar-refractivity contribution in [2.24, 2.45) is 5.73 Å². The Bertz CT molecular complexity index is 1430. The monoisotopic (exact) mass is 460 g/mol. The van der Waals surface area contributed by atoms with Gasteiger partial charge in [0.2, 0.25) is 0 Å². The van der Waals surface area contributed by atoms with Gasteiger partial charge in [-0.2, -0.15) is 14.9 Å². The van der Waals surface area contributed by atoms with Crippen molar-refractivity contribution < 1.29 is 13.5 Å². The number of halogens is 2. The molecule has 9 heteroatoms. The fraction of sp³-hybridized carbons (Fsp3) is 0.240. The van der Waals surface area contributed by atoms with Crippen molar-refractivity contribution in [3.05, 3.63) is 65.9 Å². The SMILES string of the molecule is COc1ccc(-c2c(-c3ccc(C#N)c(F)c3)nn3c(N4CCC[C@@H](N)C4)ccnc23)cc1F. The fourth-order valence-corrected chi connectivity index (χ4v) is 4.43. The van der Waals surface area contributed by atoms with Crippen molar-refractivity contribution in [2.45, 2.75) is 18.9 Å². The van der Waals surface area contributed by atoms with Gasteiger partial charge in [0.15, 0.2) is 17.2 Å². The van der Waals surface area contributed by atoms with Gasteiger partial charge in [0.25, 0.3) is 0 Å². The van der Waals surface area contributed by atoms with E-state index in [1.54, 1.807) is 22.8 Å². The summed E-state index contributed by atoms with van der Waals surface area (Å²) < 4.78 is 35.9. The maximum Gasteiger partial charge on any atom is 0.165 e. The van der Waals surface area contributed by atoms with E-state index < -0.39 is 11.6 Å². The number of rotatable bonds is 4. The first-order chi connectivity index (χ1) is 16.5. The molecule has 0 aliphatic carbocycles. The highest BCUT2D eigenvalue weighted by atomic mass is 19.1. The number of fused-ring (bicyclic) bond motifs is 1. The molecule has 1 fully saturated rings. The Morgan fingerprint density at radius 2 is 1.91 bits per heavy atom. The first-order valence-corrected chi connectivity index (χ1v) is 10.9. The number of piperidine rings is 1. The molecular formula is C25H22F2N6O. The van der Waals surface area contributed by atoms with Gasteiger partial charge in [-0.15, -0.1) is 0 Å². The van der Waals surface area contributed by atoms with Crippen molar-refractivity contribution >= 4 is 11.5 Å². The Morgan fingerprint density at radius 3 is 2.62 bits per heavy atom. The minimum absolute atomic E-state index is 0.0507. The Labute approximate surface area is 195 Å². The highest BCUT2D eigenvalue weighted by Gasteiger charge is 2.24. The first-order valence-electron chi connectivity index (χ1n) is 10.9. The zero-order valence-corrected chi connectivity index (χ0v) is 18.5. The lowest BCUT2D eigenvalue weighted by Gasteiger charge is -2.32. The first kappa shape index (κ1) is 21.8. The number of nitrogens with two attached hydrogens (primary N) is 1. The number of anilines is 1. The summed E-state index contributed by atoms with van der Waals surface area (Å²) in [5, 5.41) is 13.9. The lowest BCUT2D eigenvalue weighted by molar-refractivity contribution is 0.386. The number of aromatic nitrogens is 3. The average Bonchev–Trinajstić information content (AvgIpc) is 3.23. The standard InChI is InChI=1S/C25H22F2N6O/c1-34-21-7-6-15(11-20(21)27)23-24(16-4-5-17(13-28)19(26)12-16)31-33-22(8-9-30-25(23)33)32-10-2-3-18(29)14-32/h4-9,11-12,18H,2-3,10,14,29H2,1H3/t18-/m1/s1. The third-order valence-corrected chi connectivity index (χ3v) is 6.08. The minimum Gasteiger partial charge on any atom is -0.494 e. The molecule has 3 heterocycles. The molecule has 1 saturated heterocycles. The molecule has 172 valence electrons. The van der Waals surface area contributed by atoms with E-state index in [1.807, 2.05) is 12.1 Å². The number of ether oxygens (including phenoxy) is 1. The van der Waals surface area contributed by atoms with E-state index in [4.69, 9.17) is 20.8 Å². The van der Waals surface area contributed by atoms with E-state index >= 15 is 0 Å². The molecule has 0 spiro atoms. The van der Waals surface area contributed by atoms with E-state index in [-0.39, 0.29) is 17.4 Å². The molecule has 4 aromatic rings. The van der Waals surface area contributed by atoms with Gasteiger partial charge in [-0.25, -0.2) is 13.8 Å². The smallest absolute Gasteiger partial charge is 0.165 e. The summed E-state index contributed by atoms with van der Waals surface area (Å²) in [6.07, 6.45) is 3.59. The lowest BCUT2D eigenvalue weighted by Crippen LogP contribution is -2.43. The maximum absolute atomic E-state index is 14.7. The molecule has 0 unspecified atom stereocenters. The summed E-state index contributed by atoms with van der Waals surface area (Å²) in [4.78, 5) is 6.70. The molecule has 34 heavy (non-hydrogen) atoms. The molecule has 1 aliphatic rings. The van der Waals surface area contributed by atoms with Gasteiger partial charge >= 0.3 is 0 Å². The van der Waals surface area contributed by atoms with Crippen LogP contribution in [0.4, 0.5) is 14.6 Å². The third-order valence-electron chi connectivity index (χ3n) is 6.08. The van der Waals surface area contributed by atoms with Crippen LogP contribution in [0.3, 0.4) is 0 Å². The molecule has 2 N–H and O–H groups in total. The normalized spacial score (nSPS) is 16.0. The summed E-state index contributed by atoms with van der Waals surface area (Å²) in [5.74, 6) is -0.272. The van der Waals surface area contributed by atoms with E-state index in [0.717, 1.165) is 25.2 Å². The third kappa shape index (κ3) is 3.72. The Hall–Kier alpha value is -4.03. The van der Waals surface area contributed by atoms with E-state index in [0.29, 0.717) is 34.6 Å². The summed E-state index contributed by atoms with van der Waals surface area (Å²) in [6.45, 7) is 1.49. The molecule has 1 aliphatic heterocycles. The topological polar surface area (TPSA) is 92.5 Å². The molecule has 2 aromatic carbocycles. The summed E-state index contributed by atoms with van der Waals surface area (Å²) in [7, 11) is 1.40. The van der Waals surface area contributed by atoms with Gasteiger partial charge in [-0.3, -0.25) is 0 Å². The van der Waals surface area contributed by atoms with Gasteiger partial charge < -0.3 is 15.4 Å². The molecule has 0 amide bonds. The zero-order valence-electron chi connectivity index (χ0n) is 18.5. The second kappa shape index (κ2) is 8.72. The predicted molar refractivity (Wildman–Crippen MR) is 124 cm³/mol. The van der Waals surface area contributed by atoms with Crippen molar-refractivity contribution in [1.29, 1.82) is 5.26 Å². The number of nitrogens with zero attached hydrogens (tertiary/aromatic N) is 5. The quantitative estimate of drug-likeness (QED) is 0.492. The van der Waals surface area contributed by atoms with Crippen molar-refractivity contribution in [3.63, 3.8) is 0 Å². The van der Waals surface area contributed by atoms with Gasteiger partial charge in [0.1, 0.15) is 23.4 Å². The van der Waals surface area contributed by atoms with Crippen LogP contribution in [0, 0.1) is 23.0 Å². The predicted octanol–water partition coefficient (Wildman–Crippen LogP) is 4.15. The fourth-order valence-electron chi connectivity index (χ4n) is 4.43. The molecule has 0 bridgehead atoms. The number of nitriles is 1. The van der Waals surface area contributed by atoms with Crippen LogP contribution in [0.5, 0.6) is 5.75 Å². The van der Waals surface area contributed by atoms with Crippen LogP contribution in [0.25, 0.3) is 28.0 Å². The second-order valence-corrected chi connectivity index (χ2v) is 8.27.